The van der Waals surface area contributed by atoms with E-state index in [0.717, 1.165) is 44.9 Å². The Morgan fingerprint density at radius 3 is 2.56 bits per heavy atom. The molecule has 0 saturated carbocycles. The van der Waals surface area contributed by atoms with Crippen LogP contribution in [-0.2, 0) is 16.0 Å². The second-order valence-corrected chi connectivity index (χ2v) is 9.19. The second kappa shape index (κ2) is 14.8. The number of unbranched alkanes of at least 4 members (excludes halogenated alkanes) is 5. The van der Waals surface area contributed by atoms with Gasteiger partial charge in [-0.15, -0.1) is 0 Å². The third kappa shape index (κ3) is 9.99. The number of likely N-dealkylation sites (tertiary alicyclic amines) is 1. The molecule has 1 amide bonds. The van der Waals surface area contributed by atoms with E-state index in [1.54, 1.807) is 0 Å². The van der Waals surface area contributed by atoms with Gasteiger partial charge in [0.15, 0.2) is 0 Å². The molecule has 0 radical (unpaired) electrons. The SMILES string of the molecule is C[C@H](CCCCCc1ccccc1)[C@H](O)C=C[C@H]1CCC(=O)N1CCCCCCC(=O)O. The largest absolute Gasteiger partial charge is 0.481 e. The molecule has 5 nitrogen and oxygen atoms in total. The van der Waals surface area contributed by atoms with E-state index < -0.39 is 12.1 Å². The van der Waals surface area contributed by atoms with Gasteiger partial charge in [-0.3, -0.25) is 9.59 Å². The molecule has 5 heteroatoms. The Kier molecular flexibility index (Phi) is 12.1. The van der Waals surface area contributed by atoms with Crippen molar-refractivity contribution in [3.8, 4) is 0 Å². The van der Waals surface area contributed by atoms with Crippen molar-refractivity contribution in [2.75, 3.05) is 6.54 Å². The van der Waals surface area contributed by atoms with Crippen molar-refractivity contribution in [2.24, 2.45) is 5.92 Å². The van der Waals surface area contributed by atoms with Gasteiger partial charge in [-0.25, -0.2) is 0 Å². The van der Waals surface area contributed by atoms with Gasteiger partial charge in [0.1, 0.15) is 0 Å². The van der Waals surface area contributed by atoms with Crippen LogP contribution in [0.25, 0.3) is 0 Å². The highest BCUT2D eigenvalue weighted by molar-refractivity contribution is 5.79. The summed E-state index contributed by atoms with van der Waals surface area (Å²) in [7, 11) is 0. The number of hydrogen-bond acceptors (Lipinski definition) is 3. The molecule has 0 aromatic heterocycles. The van der Waals surface area contributed by atoms with Gasteiger partial charge in [0.25, 0.3) is 0 Å². The number of aliphatic hydroxyl groups is 1. The van der Waals surface area contributed by atoms with Crippen molar-refractivity contribution in [2.45, 2.75) is 96.1 Å². The first-order chi connectivity index (χ1) is 15.5. The summed E-state index contributed by atoms with van der Waals surface area (Å²) < 4.78 is 0. The number of nitrogens with zero attached hydrogens (tertiary/aromatic N) is 1. The maximum atomic E-state index is 12.2. The summed E-state index contributed by atoms with van der Waals surface area (Å²) in [4.78, 5) is 24.7. The predicted octanol–water partition coefficient (Wildman–Crippen LogP) is 5.37. The first-order valence-electron chi connectivity index (χ1n) is 12.4. The lowest BCUT2D eigenvalue weighted by molar-refractivity contribution is -0.137. The molecular weight excluding hydrogens is 402 g/mol. The van der Waals surface area contributed by atoms with Crippen molar-refractivity contribution in [1.29, 1.82) is 0 Å². The van der Waals surface area contributed by atoms with Gasteiger partial charge in [-0.1, -0.05) is 75.1 Å². The molecule has 1 aromatic carbocycles. The zero-order valence-electron chi connectivity index (χ0n) is 19.6. The average molecular weight is 444 g/mol. The van der Waals surface area contributed by atoms with Crippen LogP contribution in [0.5, 0.6) is 0 Å². The Balaban J connectivity index is 1.63. The fraction of sp³-hybridized carbons (Fsp3) is 0.630. The molecule has 0 spiro atoms. The van der Waals surface area contributed by atoms with Crippen molar-refractivity contribution in [3.63, 3.8) is 0 Å². The topological polar surface area (TPSA) is 77.8 Å². The summed E-state index contributed by atoms with van der Waals surface area (Å²) in [6, 6.07) is 10.6. The third-order valence-corrected chi connectivity index (χ3v) is 6.50. The molecule has 1 heterocycles. The number of aliphatic hydroxyl groups excluding tert-OH is 1. The van der Waals surface area contributed by atoms with E-state index in [2.05, 4.69) is 31.2 Å². The molecule has 2 rings (SSSR count). The van der Waals surface area contributed by atoms with Gasteiger partial charge in [0.05, 0.1) is 12.1 Å². The minimum Gasteiger partial charge on any atom is -0.481 e. The predicted molar refractivity (Wildman–Crippen MR) is 128 cm³/mol. The number of hydrogen-bond donors (Lipinski definition) is 2. The van der Waals surface area contributed by atoms with Crippen LogP contribution in [0.15, 0.2) is 42.5 Å². The number of carbonyl (C=O) groups excluding carboxylic acids is 1. The molecule has 3 atom stereocenters. The summed E-state index contributed by atoms with van der Waals surface area (Å²) >= 11 is 0. The van der Waals surface area contributed by atoms with Crippen molar-refractivity contribution >= 4 is 11.9 Å². The van der Waals surface area contributed by atoms with Crippen LogP contribution < -0.4 is 0 Å². The number of carbonyl (C=O) groups is 2. The van der Waals surface area contributed by atoms with Gasteiger partial charge in [-0.05, 0) is 50.0 Å². The lowest BCUT2D eigenvalue weighted by atomic mass is 9.95. The number of aliphatic carboxylic acids is 1. The molecule has 1 fully saturated rings. The van der Waals surface area contributed by atoms with Crippen LogP contribution in [0.2, 0.25) is 0 Å². The molecule has 1 saturated heterocycles. The first kappa shape index (κ1) is 26.1. The number of aryl methyl sites for hydroxylation is 1. The maximum absolute atomic E-state index is 12.2. The monoisotopic (exact) mass is 443 g/mol. The molecule has 2 N–H and O–H groups in total. The first-order valence-corrected chi connectivity index (χ1v) is 12.4. The smallest absolute Gasteiger partial charge is 0.303 e. The van der Waals surface area contributed by atoms with Crippen LogP contribution in [0, 0.1) is 5.92 Å². The van der Waals surface area contributed by atoms with Crippen LogP contribution in [-0.4, -0.2) is 45.7 Å². The highest BCUT2D eigenvalue weighted by Crippen LogP contribution is 2.22. The zero-order chi connectivity index (χ0) is 23.2. The lowest BCUT2D eigenvalue weighted by Crippen LogP contribution is -2.33. The molecule has 32 heavy (non-hydrogen) atoms. The van der Waals surface area contributed by atoms with Gasteiger partial charge < -0.3 is 15.1 Å². The molecule has 1 aliphatic rings. The highest BCUT2D eigenvalue weighted by atomic mass is 16.4. The lowest BCUT2D eigenvalue weighted by Gasteiger charge is -2.23. The van der Waals surface area contributed by atoms with Crippen LogP contribution >= 0.6 is 0 Å². The van der Waals surface area contributed by atoms with Gasteiger partial charge >= 0.3 is 5.97 Å². The Hall–Kier alpha value is -2.14. The van der Waals surface area contributed by atoms with Crippen molar-refractivity contribution < 1.29 is 19.8 Å². The molecular formula is C27H41NO4. The standard InChI is InChI=1S/C27H41NO4/c1-22(12-6-4-7-13-23-14-8-5-9-15-23)25(29)19-17-24-18-20-26(30)28(24)21-11-3-2-10-16-27(31)32/h5,8-9,14-15,17,19,22,24-25,29H,2-4,6-7,10-13,16,18,20-21H2,1H3,(H,31,32)/t22-,24+,25-/m1/s1. The van der Waals surface area contributed by atoms with Crippen LogP contribution in [0.4, 0.5) is 0 Å². The molecule has 1 aromatic rings. The third-order valence-electron chi connectivity index (χ3n) is 6.50. The number of benzene rings is 1. The average Bonchev–Trinajstić information content (AvgIpc) is 3.13. The van der Waals surface area contributed by atoms with Gasteiger partial charge in [-0.2, -0.15) is 0 Å². The van der Waals surface area contributed by atoms with Crippen molar-refractivity contribution in [3.05, 3.63) is 48.0 Å². The minimum atomic E-state index is -0.745. The van der Waals surface area contributed by atoms with Gasteiger partial charge in [0.2, 0.25) is 5.91 Å². The summed E-state index contributed by atoms with van der Waals surface area (Å²) in [6.45, 7) is 2.81. The van der Waals surface area contributed by atoms with Crippen LogP contribution in [0.1, 0.15) is 83.1 Å². The van der Waals surface area contributed by atoms with E-state index in [1.807, 2.05) is 23.1 Å². The number of carboxylic acid groups (broad SMARTS) is 1. The quantitative estimate of drug-likeness (QED) is 0.266. The Bertz CT molecular complexity index is 703. The van der Waals surface area contributed by atoms with E-state index in [0.29, 0.717) is 19.4 Å². The van der Waals surface area contributed by atoms with E-state index >= 15 is 0 Å². The Morgan fingerprint density at radius 2 is 1.81 bits per heavy atom. The summed E-state index contributed by atoms with van der Waals surface area (Å²) in [6.07, 6.45) is 14.1. The normalized spacial score (nSPS) is 18.4. The van der Waals surface area contributed by atoms with E-state index in [-0.39, 0.29) is 24.3 Å². The van der Waals surface area contributed by atoms with E-state index in [1.165, 1.54) is 18.4 Å². The number of carboxylic acids is 1. The summed E-state index contributed by atoms with van der Waals surface area (Å²) in [5.41, 5.74) is 1.39. The molecule has 0 aliphatic carbocycles. The Labute approximate surface area is 193 Å². The molecule has 178 valence electrons. The summed E-state index contributed by atoms with van der Waals surface area (Å²) in [5.74, 6) is -0.348. The zero-order valence-corrected chi connectivity index (χ0v) is 19.6. The minimum absolute atomic E-state index is 0.0780. The fourth-order valence-electron chi connectivity index (χ4n) is 4.38. The maximum Gasteiger partial charge on any atom is 0.303 e. The molecule has 1 aliphatic heterocycles. The van der Waals surface area contributed by atoms with Crippen molar-refractivity contribution in [1.82, 2.24) is 4.90 Å². The van der Waals surface area contributed by atoms with Crippen LogP contribution in [0.3, 0.4) is 0 Å². The van der Waals surface area contributed by atoms with E-state index in [4.69, 9.17) is 5.11 Å². The number of rotatable bonds is 16. The Morgan fingerprint density at radius 1 is 1.09 bits per heavy atom. The fourth-order valence-corrected chi connectivity index (χ4v) is 4.38. The van der Waals surface area contributed by atoms with E-state index in [9.17, 15) is 14.7 Å². The number of amides is 1. The second-order valence-electron chi connectivity index (χ2n) is 9.19. The molecule has 0 bridgehead atoms. The molecule has 0 unspecified atom stereocenters. The highest BCUT2D eigenvalue weighted by Gasteiger charge is 2.28. The van der Waals surface area contributed by atoms with Gasteiger partial charge in [0, 0.05) is 19.4 Å². The summed E-state index contributed by atoms with van der Waals surface area (Å²) in [5, 5.41) is 19.2.